The Hall–Kier alpha value is -2.38. The van der Waals surface area contributed by atoms with E-state index in [4.69, 9.17) is 16.9 Å². The average Bonchev–Trinajstić information content (AvgIpc) is 2.82. The molecular formula is C16H11ClFN3. The van der Waals surface area contributed by atoms with Gasteiger partial charge in [-0.2, -0.15) is 5.26 Å². The van der Waals surface area contributed by atoms with Crippen LogP contribution in [-0.2, 0) is 13.0 Å². The molecule has 3 aromatic rings. The van der Waals surface area contributed by atoms with Crippen molar-refractivity contribution in [3.63, 3.8) is 0 Å². The van der Waals surface area contributed by atoms with Crippen molar-refractivity contribution >= 4 is 22.6 Å². The smallest absolute Gasteiger partial charge is 0.146 e. The Morgan fingerprint density at radius 1 is 1.19 bits per heavy atom. The van der Waals surface area contributed by atoms with Gasteiger partial charge in [0, 0.05) is 5.56 Å². The Kier molecular flexibility index (Phi) is 3.59. The molecule has 3 nitrogen and oxygen atoms in total. The number of nitriles is 1. The highest BCUT2D eigenvalue weighted by atomic mass is 35.5. The van der Waals surface area contributed by atoms with Gasteiger partial charge in [0.25, 0.3) is 0 Å². The van der Waals surface area contributed by atoms with Crippen LogP contribution in [0.3, 0.4) is 0 Å². The Labute approximate surface area is 126 Å². The van der Waals surface area contributed by atoms with Gasteiger partial charge in [-0.15, -0.1) is 0 Å². The number of nitrogens with zero attached hydrogens (tertiary/aromatic N) is 3. The fraction of sp³-hybridized carbons (Fsp3) is 0.125. The minimum atomic E-state index is -0.431. The molecule has 3 rings (SSSR count). The van der Waals surface area contributed by atoms with E-state index < -0.39 is 5.82 Å². The molecule has 104 valence electrons. The molecule has 1 heterocycles. The first-order valence-corrected chi connectivity index (χ1v) is 6.82. The zero-order valence-corrected chi connectivity index (χ0v) is 11.8. The van der Waals surface area contributed by atoms with Crippen LogP contribution in [0.2, 0.25) is 5.02 Å². The van der Waals surface area contributed by atoms with Crippen LogP contribution in [0.1, 0.15) is 11.4 Å². The molecule has 0 fully saturated rings. The van der Waals surface area contributed by atoms with E-state index in [0.717, 1.165) is 11.0 Å². The molecule has 0 unspecified atom stereocenters. The van der Waals surface area contributed by atoms with Crippen LogP contribution in [0.15, 0.2) is 42.5 Å². The van der Waals surface area contributed by atoms with Crippen LogP contribution < -0.4 is 0 Å². The molecule has 0 amide bonds. The van der Waals surface area contributed by atoms with Crippen molar-refractivity contribution in [3.05, 3.63) is 64.7 Å². The predicted octanol–water partition coefficient (Wildman–Crippen LogP) is 3.94. The number of para-hydroxylation sites is 2. The molecule has 1 aromatic heterocycles. The molecule has 0 aliphatic carbocycles. The Bertz CT molecular complexity index is 848. The minimum absolute atomic E-state index is 0.0961. The number of fused-ring (bicyclic) bond motifs is 1. The summed E-state index contributed by atoms with van der Waals surface area (Å²) in [5.41, 5.74) is 2.15. The topological polar surface area (TPSA) is 41.6 Å². The second-order valence-electron chi connectivity index (χ2n) is 4.65. The van der Waals surface area contributed by atoms with Gasteiger partial charge in [-0.25, -0.2) is 9.37 Å². The maximum Gasteiger partial charge on any atom is 0.146 e. The van der Waals surface area contributed by atoms with Crippen LogP contribution >= 0.6 is 11.6 Å². The zero-order valence-electron chi connectivity index (χ0n) is 11.1. The zero-order chi connectivity index (χ0) is 14.8. The lowest BCUT2D eigenvalue weighted by Crippen LogP contribution is -2.06. The number of rotatable bonds is 3. The van der Waals surface area contributed by atoms with Gasteiger partial charge < -0.3 is 4.57 Å². The van der Waals surface area contributed by atoms with Crippen molar-refractivity contribution in [1.82, 2.24) is 9.55 Å². The van der Waals surface area contributed by atoms with Crippen LogP contribution in [0, 0.1) is 17.1 Å². The van der Waals surface area contributed by atoms with E-state index >= 15 is 0 Å². The number of imidazole rings is 1. The third-order valence-corrected chi connectivity index (χ3v) is 3.62. The quantitative estimate of drug-likeness (QED) is 0.735. The first kappa shape index (κ1) is 13.6. The molecule has 0 saturated heterocycles. The van der Waals surface area contributed by atoms with Crippen LogP contribution in [0.25, 0.3) is 11.0 Å². The maximum absolute atomic E-state index is 14.1. The van der Waals surface area contributed by atoms with E-state index in [0.29, 0.717) is 17.9 Å². The van der Waals surface area contributed by atoms with Gasteiger partial charge in [0.1, 0.15) is 11.6 Å². The monoisotopic (exact) mass is 299 g/mol. The van der Waals surface area contributed by atoms with E-state index in [1.165, 1.54) is 6.07 Å². The van der Waals surface area contributed by atoms with E-state index in [1.807, 2.05) is 28.8 Å². The molecule has 5 heteroatoms. The van der Waals surface area contributed by atoms with Gasteiger partial charge in [0.15, 0.2) is 0 Å². The van der Waals surface area contributed by atoms with Gasteiger partial charge in [-0.3, -0.25) is 0 Å². The minimum Gasteiger partial charge on any atom is -0.322 e. The Morgan fingerprint density at radius 2 is 2.00 bits per heavy atom. The summed E-state index contributed by atoms with van der Waals surface area (Å²) in [6.45, 7) is 0.296. The van der Waals surface area contributed by atoms with Gasteiger partial charge in [-0.1, -0.05) is 35.9 Å². The SMILES string of the molecule is N#CCc1nc2ccccc2n1Cc1cccc(Cl)c1F. The number of halogens is 2. The van der Waals surface area contributed by atoms with Crippen LogP contribution in [0.4, 0.5) is 4.39 Å². The van der Waals surface area contributed by atoms with E-state index in [9.17, 15) is 4.39 Å². The molecule has 0 aliphatic heterocycles. The maximum atomic E-state index is 14.1. The summed E-state index contributed by atoms with van der Waals surface area (Å²) in [6, 6.07) is 14.6. The van der Waals surface area contributed by atoms with Gasteiger partial charge in [-0.05, 0) is 18.2 Å². The first-order valence-electron chi connectivity index (χ1n) is 6.44. The molecule has 0 N–H and O–H groups in total. The second-order valence-corrected chi connectivity index (χ2v) is 5.06. The summed E-state index contributed by atoms with van der Waals surface area (Å²) in [6.07, 6.45) is 0.177. The van der Waals surface area contributed by atoms with Crippen molar-refractivity contribution in [2.45, 2.75) is 13.0 Å². The van der Waals surface area contributed by atoms with Crippen molar-refractivity contribution in [1.29, 1.82) is 5.26 Å². The van der Waals surface area contributed by atoms with Gasteiger partial charge >= 0.3 is 0 Å². The van der Waals surface area contributed by atoms with Crippen molar-refractivity contribution < 1.29 is 4.39 Å². The van der Waals surface area contributed by atoms with E-state index in [-0.39, 0.29) is 11.4 Å². The molecule has 0 spiro atoms. The molecule has 21 heavy (non-hydrogen) atoms. The normalized spacial score (nSPS) is 10.7. The van der Waals surface area contributed by atoms with Crippen LogP contribution in [-0.4, -0.2) is 9.55 Å². The number of aromatic nitrogens is 2. The third-order valence-electron chi connectivity index (χ3n) is 3.33. The van der Waals surface area contributed by atoms with E-state index in [2.05, 4.69) is 11.1 Å². The largest absolute Gasteiger partial charge is 0.322 e. The van der Waals surface area contributed by atoms with Crippen molar-refractivity contribution in [2.24, 2.45) is 0 Å². The number of hydrogen-bond donors (Lipinski definition) is 0. The molecule has 2 aromatic carbocycles. The summed E-state index contributed by atoms with van der Waals surface area (Å²) in [5, 5.41) is 9.03. The Balaban J connectivity index is 2.13. The first-order chi connectivity index (χ1) is 10.2. The molecule has 0 bridgehead atoms. The molecule has 0 radical (unpaired) electrons. The lowest BCUT2D eigenvalue weighted by Gasteiger charge is -2.09. The number of hydrogen-bond acceptors (Lipinski definition) is 2. The second kappa shape index (κ2) is 5.55. The lowest BCUT2D eigenvalue weighted by atomic mass is 10.2. The fourth-order valence-electron chi connectivity index (χ4n) is 2.35. The van der Waals surface area contributed by atoms with Gasteiger partial charge in [0.05, 0.1) is 35.1 Å². The molecular weight excluding hydrogens is 289 g/mol. The summed E-state index contributed by atoms with van der Waals surface area (Å²) < 4.78 is 15.9. The van der Waals surface area contributed by atoms with Crippen molar-refractivity contribution in [3.8, 4) is 6.07 Å². The highest BCUT2D eigenvalue weighted by Crippen LogP contribution is 2.22. The van der Waals surface area contributed by atoms with Gasteiger partial charge in [0.2, 0.25) is 0 Å². The molecule has 0 saturated carbocycles. The average molecular weight is 300 g/mol. The molecule has 0 aliphatic rings. The highest BCUT2D eigenvalue weighted by molar-refractivity contribution is 6.30. The van der Waals surface area contributed by atoms with Crippen LogP contribution in [0.5, 0.6) is 0 Å². The Morgan fingerprint density at radius 3 is 2.81 bits per heavy atom. The summed E-state index contributed by atoms with van der Waals surface area (Å²) >= 11 is 5.82. The summed E-state index contributed by atoms with van der Waals surface area (Å²) in [4.78, 5) is 4.44. The lowest BCUT2D eigenvalue weighted by molar-refractivity contribution is 0.599. The standard InChI is InChI=1S/C16H11ClFN3/c17-12-5-3-4-11(16(12)18)10-21-14-7-2-1-6-13(14)20-15(21)8-9-19/h1-7H,8,10H2. The highest BCUT2D eigenvalue weighted by Gasteiger charge is 2.13. The summed E-state index contributed by atoms with van der Waals surface area (Å²) in [5.74, 6) is 0.193. The molecule has 0 atom stereocenters. The fourth-order valence-corrected chi connectivity index (χ4v) is 2.54. The van der Waals surface area contributed by atoms with Crippen molar-refractivity contribution in [2.75, 3.05) is 0 Å². The van der Waals surface area contributed by atoms with E-state index in [1.54, 1.807) is 12.1 Å². The predicted molar refractivity (Wildman–Crippen MR) is 79.6 cm³/mol. The third kappa shape index (κ3) is 2.48. The summed E-state index contributed by atoms with van der Waals surface area (Å²) in [7, 11) is 0. The number of benzene rings is 2.